The average molecular weight is 346 g/mol. The van der Waals surface area contributed by atoms with Crippen LogP contribution in [0.4, 0.5) is 0 Å². The Morgan fingerprint density at radius 3 is 2.43 bits per heavy atom. The summed E-state index contributed by atoms with van der Waals surface area (Å²) in [6.07, 6.45) is 0. The molecule has 21 heavy (non-hydrogen) atoms. The lowest BCUT2D eigenvalue weighted by Gasteiger charge is -2.06. The van der Waals surface area contributed by atoms with Gasteiger partial charge in [-0.3, -0.25) is 0 Å². The monoisotopic (exact) mass is 346 g/mol. The number of hydrogen-bond acceptors (Lipinski definition) is 5. The molecule has 0 saturated carbocycles. The lowest BCUT2D eigenvalue weighted by Crippen LogP contribution is -2.22. The summed E-state index contributed by atoms with van der Waals surface area (Å²) in [4.78, 5) is 0.737. The van der Waals surface area contributed by atoms with Crippen LogP contribution in [0.1, 0.15) is 10.4 Å². The van der Waals surface area contributed by atoms with Gasteiger partial charge in [-0.05, 0) is 36.8 Å². The van der Waals surface area contributed by atoms with E-state index in [2.05, 4.69) is 4.72 Å². The highest BCUT2D eigenvalue weighted by Gasteiger charge is 2.16. The first-order chi connectivity index (χ1) is 9.68. The molecule has 9 heteroatoms. The van der Waals surface area contributed by atoms with Gasteiger partial charge in [0.05, 0.1) is 4.90 Å². The van der Waals surface area contributed by atoms with Crippen molar-refractivity contribution >= 4 is 31.4 Å². The standard InChI is InChI=1S/C12H14N2O4S3/c1-9-3-2-4-11(7-9)21(17,18)14-8-10-5-6-12(19-10)20(13,15)16/h2-7,14H,8H2,1H3,(H2,13,15,16). The molecule has 0 unspecified atom stereocenters. The molecule has 1 aromatic carbocycles. The average Bonchev–Trinajstić information content (AvgIpc) is 2.85. The van der Waals surface area contributed by atoms with Gasteiger partial charge in [0.1, 0.15) is 4.21 Å². The van der Waals surface area contributed by atoms with Crippen LogP contribution in [0.3, 0.4) is 0 Å². The van der Waals surface area contributed by atoms with Gasteiger partial charge in [0.15, 0.2) is 0 Å². The van der Waals surface area contributed by atoms with E-state index < -0.39 is 20.0 Å². The van der Waals surface area contributed by atoms with Gasteiger partial charge >= 0.3 is 0 Å². The second-order valence-electron chi connectivity index (χ2n) is 4.41. The normalized spacial score (nSPS) is 12.5. The van der Waals surface area contributed by atoms with Crippen LogP contribution in [0, 0.1) is 6.92 Å². The molecular formula is C12H14N2O4S3. The molecule has 0 amide bonds. The van der Waals surface area contributed by atoms with Gasteiger partial charge in [0.25, 0.3) is 0 Å². The third-order valence-electron chi connectivity index (χ3n) is 2.65. The molecule has 0 aliphatic carbocycles. The summed E-state index contributed by atoms with van der Waals surface area (Å²) < 4.78 is 49.0. The molecule has 3 N–H and O–H groups in total. The largest absolute Gasteiger partial charge is 0.247 e. The first kappa shape index (κ1) is 16.1. The topological polar surface area (TPSA) is 106 Å². The van der Waals surface area contributed by atoms with E-state index in [4.69, 9.17) is 5.14 Å². The second kappa shape index (κ2) is 5.85. The van der Waals surface area contributed by atoms with Crippen molar-refractivity contribution in [2.24, 2.45) is 5.14 Å². The van der Waals surface area contributed by atoms with Gasteiger partial charge < -0.3 is 0 Å². The summed E-state index contributed by atoms with van der Waals surface area (Å²) in [7, 11) is -7.38. The Bertz CT molecular complexity index is 854. The fourth-order valence-electron chi connectivity index (χ4n) is 1.64. The van der Waals surface area contributed by atoms with Crippen molar-refractivity contribution in [1.82, 2.24) is 4.72 Å². The summed E-state index contributed by atoms with van der Waals surface area (Å²) in [6.45, 7) is 1.81. The Morgan fingerprint density at radius 2 is 1.86 bits per heavy atom. The summed E-state index contributed by atoms with van der Waals surface area (Å²) in [5.41, 5.74) is 0.838. The minimum absolute atomic E-state index is 0.00672. The van der Waals surface area contributed by atoms with Crippen LogP contribution in [0.5, 0.6) is 0 Å². The highest BCUT2D eigenvalue weighted by Crippen LogP contribution is 2.20. The third kappa shape index (κ3) is 4.11. The van der Waals surface area contributed by atoms with E-state index in [1.54, 1.807) is 25.1 Å². The zero-order valence-corrected chi connectivity index (χ0v) is 13.6. The van der Waals surface area contributed by atoms with E-state index >= 15 is 0 Å². The molecule has 0 saturated heterocycles. The second-order valence-corrected chi connectivity index (χ2v) is 9.13. The number of aryl methyl sites for hydroxylation is 1. The molecule has 114 valence electrons. The van der Waals surface area contributed by atoms with Gasteiger partial charge in [-0.1, -0.05) is 12.1 Å². The van der Waals surface area contributed by atoms with Crippen molar-refractivity contribution in [1.29, 1.82) is 0 Å². The Kier molecular flexibility index (Phi) is 4.49. The van der Waals surface area contributed by atoms with Crippen LogP contribution >= 0.6 is 11.3 Å². The molecule has 0 spiro atoms. The quantitative estimate of drug-likeness (QED) is 0.848. The van der Waals surface area contributed by atoms with Gasteiger partial charge in [0, 0.05) is 11.4 Å². The number of nitrogens with one attached hydrogen (secondary N) is 1. The molecule has 0 atom stereocenters. The number of thiophene rings is 1. The molecule has 1 heterocycles. The van der Waals surface area contributed by atoms with Crippen molar-refractivity contribution in [3.63, 3.8) is 0 Å². The van der Waals surface area contributed by atoms with Crippen LogP contribution in [-0.2, 0) is 26.6 Å². The number of primary sulfonamides is 1. The summed E-state index contributed by atoms with van der Waals surface area (Å²) in [5, 5.41) is 5.00. The number of sulfonamides is 2. The van der Waals surface area contributed by atoms with Crippen LogP contribution in [-0.4, -0.2) is 16.8 Å². The summed E-state index contributed by atoms with van der Waals surface area (Å²) in [5.74, 6) is 0. The van der Waals surface area contributed by atoms with Gasteiger partial charge in [-0.15, -0.1) is 11.3 Å². The van der Waals surface area contributed by atoms with Crippen molar-refractivity contribution in [3.05, 3.63) is 46.8 Å². The zero-order valence-electron chi connectivity index (χ0n) is 11.1. The Labute approximate surface area is 127 Å². The van der Waals surface area contributed by atoms with Gasteiger partial charge in [0.2, 0.25) is 20.0 Å². The molecule has 0 fully saturated rings. The van der Waals surface area contributed by atoms with Crippen molar-refractivity contribution in [3.8, 4) is 0 Å². The number of rotatable bonds is 5. The predicted molar refractivity (Wildman–Crippen MR) is 80.9 cm³/mol. The number of benzene rings is 1. The predicted octanol–water partition coefficient (Wildman–Crippen LogP) is 1.18. The Balaban J connectivity index is 2.14. The van der Waals surface area contributed by atoms with E-state index in [1.165, 1.54) is 18.2 Å². The summed E-state index contributed by atoms with van der Waals surface area (Å²) >= 11 is 0.939. The smallest absolute Gasteiger partial charge is 0.224 e. The zero-order chi connectivity index (χ0) is 15.7. The maximum absolute atomic E-state index is 12.1. The lowest BCUT2D eigenvalue weighted by atomic mass is 10.2. The minimum atomic E-state index is -3.75. The van der Waals surface area contributed by atoms with Crippen LogP contribution < -0.4 is 9.86 Å². The molecule has 0 aliphatic heterocycles. The molecule has 0 radical (unpaired) electrons. The first-order valence-corrected chi connectivity index (χ1v) is 9.71. The minimum Gasteiger partial charge on any atom is -0.224 e. The molecule has 2 rings (SSSR count). The van der Waals surface area contributed by atoms with Crippen molar-refractivity contribution in [2.45, 2.75) is 22.6 Å². The number of hydrogen-bond donors (Lipinski definition) is 2. The van der Waals surface area contributed by atoms with Gasteiger partial charge in [-0.25, -0.2) is 26.7 Å². The molecule has 0 aliphatic rings. The Hall–Kier alpha value is -1.26. The Morgan fingerprint density at radius 1 is 1.14 bits per heavy atom. The molecule has 6 nitrogen and oxygen atoms in total. The molecule has 2 aromatic rings. The lowest BCUT2D eigenvalue weighted by molar-refractivity contribution is 0.581. The van der Waals surface area contributed by atoms with Crippen molar-refractivity contribution < 1.29 is 16.8 Å². The third-order valence-corrected chi connectivity index (χ3v) is 6.58. The van der Waals surface area contributed by atoms with Gasteiger partial charge in [-0.2, -0.15) is 0 Å². The van der Waals surface area contributed by atoms with E-state index in [9.17, 15) is 16.8 Å². The highest BCUT2D eigenvalue weighted by atomic mass is 32.2. The SMILES string of the molecule is Cc1cccc(S(=O)(=O)NCc2ccc(S(N)(=O)=O)s2)c1. The maximum Gasteiger partial charge on any atom is 0.247 e. The van der Waals surface area contributed by atoms with Crippen LogP contribution in [0.25, 0.3) is 0 Å². The van der Waals surface area contributed by atoms with Crippen LogP contribution in [0.2, 0.25) is 0 Å². The fourth-order valence-corrected chi connectivity index (χ4v) is 4.56. The molecule has 0 bridgehead atoms. The van der Waals surface area contributed by atoms with E-state index in [-0.39, 0.29) is 15.6 Å². The number of nitrogens with two attached hydrogens (primary N) is 1. The van der Waals surface area contributed by atoms with E-state index in [1.807, 2.05) is 0 Å². The fraction of sp³-hybridized carbons (Fsp3) is 0.167. The summed E-state index contributed by atoms with van der Waals surface area (Å²) in [6, 6.07) is 9.41. The van der Waals surface area contributed by atoms with Crippen LogP contribution in [0.15, 0.2) is 45.5 Å². The highest BCUT2D eigenvalue weighted by molar-refractivity contribution is 7.91. The first-order valence-electron chi connectivity index (χ1n) is 5.86. The van der Waals surface area contributed by atoms with E-state index in [0.717, 1.165) is 16.9 Å². The van der Waals surface area contributed by atoms with E-state index in [0.29, 0.717) is 4.88 Å². The molecule has 1 aromatic heterocycles. The van der Waals surface area contributed by atoms with Crippen molar-refractivity contribution in [2.75, 3.05) is 0 Å². The molecular weight excluding hydrogens is 332 g/mol. The maximum atomic E-state index is 12.1.